The summed E-state index contributed by atoms with van der Waals surface area (Å²) < 4.78 is 37.7. The van der Waals surface area contributed by atoms with Gasteiger partial charge in [0.2, 0.25) is 0 Å². The van der Waals surface area contributed by atoms with Crippen molar-refractivity contribution in [3.8, 4) is 5.75 Å². The van der Waals surface area contributed by atoms with Crippen LogP contribution in [0.1, 0.15) is 11.1 Å². The molecular weight excluding hydrogens is 479 g/mol. The molecule has 2 aromatic rings. The van der Waals surface area contributed by atoms with Crippen LogP contribution in [0.5, 0.6) is 5.75 Å². The molecule has 0 aliphatic rings. The Labute approximate surface area is 181 Å². The lowest BCUT2D eigenvalue weighted by atomic mass is 10.1. The maximum Gasteiger partial charge on any atom is 0.193 e. The summed E-state index contributed by atoms with van der Waals surface area (Å²) in [6.45, 7) is 1.54. The normalized spacial score (nSPS) is 11.0. The van der Waals surface area contributed by atoms with Crippen molar-refractivity contribution in [3.63, 3.8) is 0 Å². The molecule has 0 atom stereocenters. The molecule has 0 saturated carbocycles. The summed E-state index contributed by atoms with van der Waals surface area (Å²) in [6.07, 6.45) is 0. The fraction of sp³-hybridized carbons (Fsp3) is 0.350. The van der Waals surface area contributed by atoms with Crippen LogP contribution in [0.2, 0.25) is 0 Å². The van der Waals surface area contributed by atoms with E-state index in [9.17, 15) is 8.78 Å². The van der Waals surface area contributed by atoms with E-state index in [1.54, 1.807) is 37.4 Å². The van der Waals surface area contributed by atoms with Crippen molar-refractivity contribution in [2.45, 2.75) is 13.2 Å². The van der Waals surface area contributed by atoms with Crippen LogP contribution in [0.15, 0.2) is 47.5 Å². The van der Waals surface area contributed by atoms with Crippen molar-refractivity contribution >= 4 is 29.9 Å². The Hall–Kier alpha value is -1.94. The molecule has 28 heavy (non-hydrogen) atoms. The van der Waals surface area contributed by atoms with Crippen LogP contribution < -0.4 is 10.1 Å². The van der Waals surface area contributed by atoms with Crippen molar-refractivity contribution in [1.82, 2.24) is 10.2 Å². The number of benzene rings is 2. The van der Waals surface area contributed by atoms with Crippen LogP contribution in [0.3, 0.4) is 0 Å². The fourth-order valence-corrected chi connectivity index (χ4v) is 2.53. The number of hydrogen-bond acceptors (Lipinski definition) is 3. The largest absolute Gasteiger partial charge is 0.489 e. The Kier molecular flexibility index (Phi) is 10.8. The van der Waals surface area contributed by atoms with Crippen LogP contribution in [0.4, 0.5) is 8.78 Å². The van der Waals surface area contributed by atoms with Crippen molar-refractivity contribution in [2.75, 3.05) is 34.4 Å². The molecule has 5 nitrogen and oxygen atoms in total. The highest BCUT2D eigenvalue weighted by Gasteiger charge is 2.09. The second kappa shape index (κ2) is 12.5. The van der Waals surface area contributed by atoms with Gasteiger partial charge in [0.25, 0.3) is 0 Å². The second-order valence-electron chi connectivity index (χ2n) is 5.96. The molecule has 0 aromatic heterocycles. The van der Waals surface area contributed by atoms with E-state index < -0.39 is 0 Å². The Morgan fingerprint density at radius 3 is 2.57 bits per heavy atom. The van der Waals surface area contributed by atoms with Crippen molar-refractivity contribution in [2.24, 2.45) is 4.99 Å². The van der Waals surface area contributed by atoms with Crippen LogP contribution in [0, 0.1) is 11.6 Å². The summed E-state index contributed by atoms with van der Waals surface area (Å²) in [6, 6.07) is 11.2. The average molecular weight is 505 g/mol. The standard InChI is InChI=1S/C20H25F2N3O2.HI/c1-23-20(24-13-15-8-9-17(21)16(12-15)14-26-3)25(2)10-11-27-19-7-5-4-6-18(19)22;/h4-9,12H,10-11,13-14H2,1-3H3,(H,23,24);1H. The number of likely N-dealkylation sites (N-methyl/N-ethyl adjacent to an activating group) is 1. The molecule has 0 spiro atoms. The summed E-state index contributed by atoms with van der Waals surface area (Å²) >= 11 is 0. The van der Waals surface area contributed by atoms with Gasteiger partial charge < -0.3 is 19.7 Å². The molecule has 0 unspecified atom stereocenters. The molecule has 154 valence electrons. The number of aliphatic imine (C=N–C) groups is 1. The number of nitrogens with one attached hydrogen (secondary N) is 1. The monoisotopic (exact) mass is 505 g/mol. The maximum atomic E-state index is 13.7. The van der Waals surface area contributed by atoms with Gasteiger partial charge in [0.05, 0.1) is 13.2 Å². The van der Waals surface area contributed by atoms with E-state index in [1.165, 1.54) is 19.2 Å². The Balaban J connectivity index is 0.00000392. The predicted molar refractivity (Wildman–Crippen MR) is 117 cm³/mol. The number of rotatable bonds is 8. The molecule has 2 rings (SSSR count). The minimum Gasteiger partial charge on any atom is -0.489 e. The van der Waals surface area contributed by atoms with E-state index in [1.807, 2.05) is 11.9 Å². The van der Waals surface area contributed by atoms with E-state index in [4.69, 9.17) is 9.47 Å². The summed E-state index contributed by atoms with van der Waals surface area (Å²) in [4.78, 5) is 6.10. The third-order valence-electron chi connectivity index (χ3n) is 3.95. The van der Waals surface area contributed by atoms with Crippen molar-refractivity contribution < 1.29 is 18.3 Å². The molecule has 0 amide bonds. The third kappa shape index (κ3) is 7.23. The van der Waals surface area contributed by atoms with Gasteiger partial charge in [-0.2, -0.15) is 0 Å². The molecule has 0 fully saturated rings. The molecule has 8 heteroatoms. The van der Waals surface area contributed by atoms with Crippen LogP contribution in [-0.4, -0.2) is 45.2 Å². The van der Waals surface area contributed by atoms with Gasteiger partial charge in [0.1, 0.15) is 12.4 Å². The SMILES string of the molecule is CN=C(NCc1ccc(F)c(COC)c1)N(C)CCOc1ccccc1F.I. The smallest absolute Gasteiger partial charge is 0.193 e. The van der Waals surface area contributed by atoms with E-state index >= 15 is 0 Å². The first-order valence-corrected chi connectivity index (χ1v) is 8.60. The highest BCUT2D eigenvalue weighted by atomic mass is 127. The summed E-state index contributed by atoms with van der Waals surface area (Å²) in [7, 11) is 5.07. The zero-order valence-electron chi connectivity index (χ0n) is 16.2. The Bertz CT molecular complexity index is 775. The predicted octanol–water partition coefficient (Wildman–Crippen LogP) is 3.82. The van der Waals surface area contributed by atoms with Crippen LogP contribution in [0.25, 0.3) is 0 Å². The van der Waals surface area contributed by atoms with Crippen LogP contribution >= 0.6 is 24.0 Å². The van der Waals surface area contributed by atoms with Crippen LogP contribution in [-0.2, 0) is 17.9 Å². The minimum absolute atomic E-state index is 0. The van der Waals surface area contributed by atoms with Gasteiger partial charge in [-0.15, -0.1) is 24.0 Å². The van der Waals surface area contributed by atoms with Crippen molar-refractivity contribution in [1.29, 1.82) is 0 Å². The van der Waals surface area contributed by atoms with Gasteiger partial charge in [0, 0.05) is 33.3 Å². The maximum absolute atomic E-state index is 13.7. The third-order valence-corrected chi connectivity index (χ3v) is 3.95. The second-order valence-corrected chi connectivity index (χ2v) is 5.96. The number of nitrogens with zero attached hydrogens (tertiary/aromatic N) is 2. The molecule has 1 N–H and O–H groups in total. The first kappa shape index (κ1) is 24.1. The van der Waals surface area contributed by atoms with Crippen molar-refractivity contribution in [3.05, 3.63) is 65.2 Å². The first-order chi connectivity index (χ1) is 13.0. The molecule has 0 aliphatic heterocycles. The van der Waals surface area contributed by atoms with Gasteiger partial charge >= 0.3 is 0 Å². The molecule has 2 aromatic carbocycles. The van der Waals surface area contributed by atoms with Gasteiger partial charge in [-0.3, -0.25) is 4.99 Å². The quantitative estimate of drug-likeness (QED) is 0.337. The van der Waals surface area contributed by atoms with Gasteiger partial charge in [-0.1, -0.05) is 18.2 Å². The lowest BCUT2D eigenvalue weighted by Crippen LogP contribution is -2.40. The van der Waals surface area contributed by atoms with E-state index in [2.05, 4.69) is 10.3 Å². The number of methoxy groups -OCH3 is 1. The van der Waals surface area contributed by atoms with E-state index in [-0.39, 0.29) is 48.0 Å². The van der Waals surface area contributed by atoms with E-state index in [0.717, 1.165) is 5.56 Å². The molecule has 0 aliphatic carbocycles. The zero-order chi connectivity index (χ0) is 19.6. The molecule has 0 bridgehead atoms. The van der Waals surface area contributed by atoms with Gasteiger partial charge in [0.15, 0.2) is 17.5 Å². The summed E-state index contributed by atoms with van der Waals surface area (Å²) in [5.74, 6) is 0.216. The molecule has 0 heterocycles. The Morgan fingerprint density at radius 2 is 1.89 bits per heavy atom. The highest BCUT2D eigenvalue weighted by molar-refractivity contribution is 14.0. The van der Waals surface area contributed by atoms with Gasteiger partial charge in [-0.25, -0.2) is 8.78 Å². The summed E-state index contributed by atoms with van der Waals surface area (Å²) in [5.41, 5.74) is 1.43. The molecule has 0 radical (unpaired) electrons. The summed E-state index contributed by atoms with van der Waals surface area (Å²) in [5, 5.41) is 3.22. The first-order valence-electron chi connectivity index (χ1n) is 8.60. The topological polar surface area (TPSA) is 46.1 Å². The fourth-order valence-electron chi connectivity index (χ4n) is 2.53. The zero-order valence-corrected chi connectivity index (χ0v) is 18.6. The molecular formula is C20H26F2IN3O2. The lowest BCUT2D eigenvalue weighted by molar-refractivity contribution is 0.181. The number of guanidine groups is 1. The number of para-hydroxylation sites is 1. The van der Waals surface area contributed by atoms with E-state index in [0.29, 0.717) is 31.2 Å². The Morgan fingerprint density at radius 1 is 1.14 bits per heavy atom. The minimum atomic E-state index is -0.383. The highest BCUT2D eigenvalue weighted by Crippen LogP contribution is 2.15. The number of hydrogen-bond donors (Lipinski definition) is 1. The number of ether oxygens (including phenoxy) is 2. The molecule has 0 saturated heterocycles. The number of halogens is 3. The van der Waals surface area contributed by atoms with Gasteiger partial charge in [-0.05, 0) is 29.8 Å². The lowest BCUT2D eigenvalue weighted by Gasteiger charge is -2.22. The average Bonchev–Trinajstić information content (AvgIpc) is 2.66.